The Morgan fingerprint density at radius 3 is 2.67 bits per heavy atom. The molecule has 0 saturated heterocycles. The maximum atomic E-state index is 10.6. The zero-order chi connectivity index (χ0) is 17.1. The van der Waals surface area contributed by atoms with Crippen LogP contribution in [0.5, 0.6) is 11.5 Å². The Morgan fingerprint density at radius 2 is 2.00 bits per heavy atom. The zero-order valence-corrected chi connectivity index (χ0v) is 13.9. The molecule has 2 atom stereocenters. The lowest BCUT2D eigenvalue weighted by atomic mass is 9.95. The van der Waals surface area contributed by atoms with Crippen LogP contribution in [0.1, 0.15) is 17.2 Å². The lowest BCUT2D eigenvalue weighted by Gasteiger charge is -2.34. The third kappa shape index (κ3) is 3.38. The van der Waals surface area contributed by atoms with E-state index in [2.05, 4.69) is 5.10 Å². The third-order valence-electron chi connectivity index (χ3n) is 4.29. The monoisotopic (exact) mass is 333 g/mol. The summed E-state index contributed by atoms with van der Waals surface area (Å²) >= 11 is 0. The molecule has 2 aromatic rings. The van der Waals surface area contributed by atoms with Crippen LogP contribution in [0.4, 0.5) is 0 Å². The van der Waals surface area contributed by atoms with Gasteiger partial charge in [-0.2, -0.15) is 5.10 Å². The highest BCUT2D eigenvalue weighted by molar-refractivity contribution is 5.51. The topological polar surface area (TPSA) is 80.0 Å². The van der Waals surface area contributed by atoms with Gasteiger partial charge >= 0.3 is 0 Å². The standard InChI is InChI=1S/C17H23N3O4/c1-23-15-4-5-16(24-2)17-13(15)10-19(11-14(17)22)8-12(21)9-20-7-3-6-18-20/h3-7,12,14,21-22H,8-11H2,1-2H3/t12-,14-/m1/s1. The van der Waals surface area contributed by atoms with Gasteiger partial charge < -0.3 is 19.7 Å². The van der Waals surface area contributed by atoms with Crippen LogP contribution in [0, 0.1) is 0 Å². The molecule has 0 fully saturated rings. The number of benzene rings is 1. The highest BCUT2D eigenvalue weighted by Crippen LogP contribution is 2.39. The van der Waals surface area contributed by atoms with E-state index in [0.717, 1.165) is 16.9 Å². The van der Waals surface area contributed by atoms with Crippen LogP contribution in [-0.2, 0) is 13.1 Å². The summed E-state index contributed by atoms with van der Waals surface area (Å²) in [7, 11) is 3.20. The van der Waals surface area contributed by atoms with Gasteiger partial charge in [0.15, 0.2) is 0 Å². The van der Waals surface area contributed by atoms with Crippen LogP contribution in [-0.4, -0.2) is 58.3 Å². The quantitative estimate of drug-likeness (QED) is 0.814. The molecule has 0 unspecified atom stereocenters. The van der Waals surface area contributed by atoms with Gasteiger partial charge in [-0.15, -0.1) is 0 Å². The lowest BCUT2D eigenvalue weighted by molar-refractivity contribution is 0.0440. The maximum Gasteiger partial charge on any atom is 0.125 e. The highest BCUT2D eigenvalue weighted by Gasteiger charge is 2.30. The second-order valence-electron chi connectivity index (χ2n) is 5.95. The van der Waals surface area contributed by atoms with Gasteiger partial charge in [0.25, 0.3) is 0 Å². The number of hydrogen-bond acceptors (Lipinski definition) is 6. The van der Waals surface area contributed by atoms with Gasteiger partial charge in [0.2, 0.25) is 0 Å². The number of aliphatic hydroxyl groups excluding tert-OH is 2. The van der Waals surface area contributed by atoms with Crippen molar-refractivity contribution in [2.45, 2.75) is 25.3 Å². The van der Waals surface area contributed by atoms with Crippen LogP contribution in [0.15, 0.2) is 30.6 Å². The Hall–Kier alpha value is -2.09. The minimum absolute atomic E-state index is 0.418. The molecule has 2 N–H and O–H groups in total. The molecule has 0 radical (unpaired) electrons. The first-order valence-electron chi connectivity index (χ1n) is 7.92. The Bertz CT molecular complexity index is 675. The molecular formula is C17H23N3O4. The number of nitrogens with zero attached hydrogens (tertiary/aromatic N) is 3. The van der Waals surface area contributed by atoms with E-state index in [4.69, 9.17) is 9.47 Å². The van der Waals surface area contributed by atoms with E-state index in [0.29, 0.717) is 31.9 Å². The molecule has 7 heteroatoms. The van der Waals surface area contributed by atoms with Gasteiger partial charge in [-0.05, 0) is 18.2 Å². The van der Waals surface area contributed by atoms with E-state index < -0.39 is 12.2 Å². The van der Waals surface area contributed by atoms with Crippen molar-refractivity contribution >= 4 is 0 Å². The molecule has 3 rings (SSSR count). The van der Waals surface area contributed by atoms with E-state index in [-0.39, 0.29) is 0 Å². The van der Waals surface area contributed by atoms with Gasteiger partial charge in [0.05, 0.1) is 33.0 Å². The Morgan fingerprint density at radius 1 is 1.25 bits per heavy atom. The van der Waals surface area contributed by atoms with Crippen LogP contribution >= 0.6 is 0 Å². The molecule has 2 heterocycles. The van der Waals surface area contributed by atoms with E-state index in [1.807, 2.05) is 29.3 Å². The third-order valence-corrected chi connectivity index (χ3v) is 4.29. The van der Waals surface area contributed by atoms with Crippen molar-refractivity contribution in [3.63, 3.8) is 0 Å². The summed E-state index contributed by atoms with van der Waals surface area (Å²) in [5.74, 6) is 1.38. The Kier molecular flexibility index (Phi) is 5.03. The van der Waals surface area contributed by atoms with E-state index in [1.54, 1.807) is 25.1 Å². The second-order valence-corrected chi connectivity index (χ2v) is 5.95. The highest BCUT2D eigenvalue weighted by atomic mass is 16.5. The maximum absolute atomic E-state index is 10.6. The second kappa shape index (κ2) is 7.21. The molecule has 1 aromatic heterocycles. The summed E-state index contributed by atoms with van der Waals surface area (Å²) in [4.78, 5) is 2.02. The first-order chi connectivity index (χ1) is 11.6. The number of hydrogen-bond donors (Lipinski definition) is 2. The van der Waals surface area contributed by atoms with Gasteiger partial charge in [0.1, 0.15) is 11.5 Å². The minimum Gasteiger partial charge on any atom is -0.496 e. The molecular weight excluding hydrogens is 310 g/mol. The fourth-order valence-corrected chi connectivity index (χ4v) is 3.26. The van der Waals surface area contributed by atoms with E-state index >= 15 is 0 Å². The summed E-state index contributed by atoms with van der Waals surface area (Å²) in [5.41, 5.74) is 1.68. The van der Waals surface area contributed by atoms with Gasteiger partial charge in [-0.3, -0.25) is 9.58 Å². The fourth-order valence-electron chi connectivity index (χ4n) is 3.26. The first-order valence-corrected chi connectivity index (χ1v) is 7.92. The molecule has 1 aliphatic heterocycles. The molecule has 1 aliphatic rings. The normalized spacial score (nSPS) is 18.9. The Labute approximate surface area is 141 Å². The number of β-amino-alcohol motifs (C(OH)–C–C–N with tert-alkyl or cyclic N) is 2. The molecule has 1 aromatic carbocycles. The lowest BCUT2D eigenvalue weighted by Crippen LogP contribution is -2.40. The molecule has 24 heavy (non-hydrogen) atoms. The van der Waals surface area contributed by atoms with E-state index in [9.17, 15) is 10.2 Å². The predicted molar refractivity (Wildman–Crippen MR) is 88.0 cm³/mol. The smallest absolute Gasteiger partial charge is 0.125 e. The molecule has 0 bridgehead atoms. The van der Waals surface area contributed by atoms with Crippen molar-refractivity contribution in [1.82, 2.24) is 14.7 Å². The van der Waals surface area contributed by atoms with Crippen molar-refractivity contribution in [3.8, 4) is 11.5 Å². The molecule has 130 valence electrons. The van der Waals surface area contributed by atoms with Crippen LogP contribution in [0.25, 0.3) is 0 Å². The number of ether oxygens (including phenoxy) is 2. The number of aromatic nitrogens is 2. The summed E-state index contributed by atoms with van der Waals surface area (Å²) < 4.78 is 12.5. The van der Waals surface area contributed by atoms with Crippen LogP contribution in [0.2, 0.25) is 0 Å². The minimum atomic E-state index is -0.685. The average Bonchev–Trinajstić information content (AvgIpc) is 3.06. The molecule has 0 saturated carbocycles. The van der Waals surface area contributed by atoms with Crippen molar-refractivity contribution in [3.05, 3.63) is 41.7 Å². The number of aliphatic hydroxyl groups is 2. The molecule has 7 nitrogen and oxygen atoms in total. The number of fused-ring (bicyclic) bond motifs is 1. The first kappa shape index (κ1) is 16.8. The van der Waals surface area contributed by atoms with E-state index in [1.165, 1.54) is 0 Å². The average molecular weight is 333 g/mol. The summed E-state index contributed by atoms with van der Waals surface area (Å²) in [6.07, 6.45) is 2.24. The van der Waals surface area contributed by atoms with Crippen molar-refractivity contribution < 1.29 is 19.7 Å². The number of rotatable bonds is 6. The zero-order valence-electron chi connectivity index (χ0n) is 13.9. The fraction of sp³-hybridized carbons (Fsp3) is 0.471. The largest absolute Gasteiger partial charge is 0.496 e. The molecule has 0 amide bonds. The van der Waals surface area contributed by atoms with Crippen LogP contribution < -0.4 is 9.47 Å². The summed E-state index contributed by atoms with van der Waals surface area (Å²) in [6.45, 7) is 1.88. The molecule has 0 aliphatic carbocycles. The molecule has 0 spiro atoms. The predicted octanol–water partition coefficient (Wildman–Crippen LogP) is 0.810. The summed E-state index contributed by atoms with van der Waals surface area (Å²) in [6, 6.07) is 5.47. The number of methoxy groups -OCH3 is 2. The Balaban J connectivity index is 1.76. The van der Waals surface area contributed by atoms with Gasteiger partial charge in [0, 0.05) is 43.2 Å². The van der Waals surface area contributed by atoms with Crippen molar-refractivity contribution in [2.24, 2.45) is 0 Å². The SMILES string of the molecule is COc1ccc(OC)c2c1CN(C[C@@H](O)Cn1cccn1)C[C@H]2O. The van der Waals surface area contributed by atoms with Gasteiger partial charge in [-0.25, -0.2) is 0 Å². The van der Waals surface area contributed by atoms with Crippen LogP contribution in [0.3, 0.4) is 0 Å². The van der Waals surface area contributed by atoms with Crippen molar-refractivity contribution in [1.29, 1.82) is 0 Å². The summed E-state index contributed by atoms with van der Waals surface area (Å²) in [5, 5.41) is 25.0. The van der Waals surface area contributed by atoms with Crippen molar-refractivity contribution in [2.75, 3.05) is 27.3 Å². The van der Waals surface area contributed by atoms with Gasteiger partial charge in [-0.1, -0.05) is 0 Å².